The summed E-state index contributed by atoms with van der Waals surface area (Å²) in [6, 6.07) is 12.2. The molecular weight excluding hydrogens is 360 g/mol. The molecule has 6 heteroatoms. The summed E-state index contributed by atoms with van der Waals surface area (Å²) in [5, 5.41) is 0. The number of ether oxygens (including phenoxy) is 3. The second-order valence-corrected chi connectivity index (χ2v) is 6.25. The van der Waals surface area contributed by atoms with E-state index in [4.69, 9.17) is 14.2 Å². The molecule has 142 valence electrons. The molecule has 0 unspecified atom stereocenters. The van der Waals surface area contributed by atoms with Crippen LogP contribution in [0.4, 0.5) is 0 Å². The van der Waals surface area contributed by atoms with Gasteiger partial charge in [-0.2, -0.15) is 0 Å². The van der Waals surface area contributed by atoms with Gasteiger partial charge in [-0.05, 0) is 31.2 Å². The minimum Gasteiger partial charge on any atom is -0.427 e. The second kappa shape index (κ2) is 7.92. The minimum atomic E-state index is -0.537. The Labute approximate surface area is 162 Å². The lowest BCUT2D eigenvalue weighted by atomic mass is 10.1. The summed E-state index contributed by atoms with van der Waals surface area (Å²) in [6.45, 7) is 4.50. The molecule has 0 radical (unpaired) electrons. The first kappa shape index (κ1) is 19.1. The van der Waals surface area contributed by atoms with Crippen molar-refractivity contribution < 1.29 is 28.6 Å². The largest absolute Gasteiger partial charge is 0.427 e. The van der Waals surface area contributed by atoms with E-state index in [1.54, 1.807) is 24.3 Å². The van der Waals surface area contributed by atoms with Crippen molar-refractivity contribution in [2.75, 3.05) is 0 Å². The summed E-state index contributed by atoms with van der Waals surface area (Å²) in [4.78, 5) is 34.8. The van der Waals surface area contributed by atoms with Gasteiger partial charge in [0.15, 0.2) is 0 Å². The van der Waals surface area contributed by atoms with E-state index in [1.807, 2.05) is 31.2 Å². The van der Waals surface area contributed by atoms with E-state index in [2.05, 4.69) is 0 Å². The smallest absolute Gasteiger partial charge is 0.343 e. The number of aryl methyl sites for hydroxylation is 1. The van der Waals surface area contributed by atoms with Gasteiger partial charge in [0, 0.05) is 31.0 Å². The van der Waals surface area contributed by atoms with Crippen LogP contribution in [0.2, 0.25) is 0 Å². The molecule has 1 aliphatic heterocycles. The molecule has 0 saturated heterocycles. The third-order valence-corrected chi connectivity index (χ3v) is 3.87. The van der Waals surface area contributed by atoms with E-state index in [9.17, 15) is 14.4 Å². The van der Waals surface area contributed by atoms with Gasteiger partial charge in [-0.25, -0.2) is 4.79 Å². The van der Waals surface area contributed by atoms with Crippen molar-refractivity contribution in [3.8, 4) is 11.5 Å². The lowest BCUT2D eigenvalue weighted by molar-refractivity contribution is -0.132. The van der Waals surface area contributed by atoms with Crippen molar-refractivity contribution in [1.29, 1.82) is 0 Å². The van der Waals surface area contributed by atoms with Crippen LogP contribution in [0.1, 0.15) is 30.5 Å². The summed E-state index contributed by atoms with van der Waals surface area (Å²) in [6.07, 6.45) is 3.18. The van der Waals surface area contributed by atoms with Gasteiger partial charge in [-0.3, -0.25) is 9.59 Å². The Hall–Kier alpha value is -3.67. The fraction of sp³-hybridized carbons (Fsp3) is 0.136. The SMILES string of the molecule is CC(=O)Oc1ccc(/C=C2\C=C(c3ccc(C)cc3)OC2=O)c(OC(C)=O)c1. The Morgan fingerprint density at radius 3 is 2.29 bits per heavy atom. The van der Waals surface area contributed by atoms with Crippen molar-refractivity contribution in [2.24, 2.45) is 0 Å². The molecule has 1 aliphatic rings. The molecule has 0 aliphatic carbocycles. The van der Waals surface area contributed by atoms with Crippen LogP contribution >= 0.6 is 0 Å². The Balaban J connectivity index is 1.96. The molecule has 0 fully saturated rings. The average Bonchev–Trinajstić information content (AvgIpc) is 2.97. The fourth-order valence-corrected chi connectivity index (χ4v) is 2.62. The number of cyclic esters (lactones) is 1. The standard InChI is InChI=1S/C22H18O6/c1-13-4-6-16(7-5-13)20-11-18(22(25)28-20)10-17-8-9-19(26-14(2)23)12-21(17)27-15(3)24/h4-12H,1-3H3/b18-10+. The number of rotatable bonds is 4. The molecule has 6 nitrogen and oxygen atoms in total. The Kier molecular flexibility index (Phi) is 5.40. The molecule has 0 atom stereocenters. The van der Waals surface area contributed by atoms with Crippen LogP contribution < -0.4 is 9.47 Å². The number of benzene rings is 2. The van der Waals surface area contributed by atoms with Crippen LogP contribution in [-0.2, 0) is 19.1 Å². The van der Waals surface area contributed by atoms with E-state index >= 15 is 0 Å². The first-order valence-corrected chi connectivity index (χ1v) is 8.55. The zero-order valence-corrected chi connectivity index (χ0v) is 15.6. The van der Waals surface area contributed by atoms with E-state index in [-0.39, 0.29) is 11.5 Å². The number of hydrogen-bond donors (Lipinski definition) is 0. The van der Waals surface area contributed by atoms with Crippen molar-refractivity contribution in [3.63, 3.8) is 0 Å². The molecule has 2 aromatic carbocycles. The maximum atomic E-state index is 12.3. The van der Waals surface area contributed by atoms with Gasteiger partial charge in [0.1, 0.15) is 17.3 Å². The van der Waals surface area contributed by atoms with Gasteiger partial charge >= 0.3 is 17.9 Å². The molecule has 3 rings (SSSR count). The molecule has 0 N–H and O–H groups in total. The lowest BCUT2D eigenvalue weighted by Crippen LogP contribution is -2.05. The van der Waals surface area contributed by atoms with Crippen LogP contribution in [0, 0.1) is 6.92 Å². The van der Waals surface area contributed by atoms with E-state index in [0.29, 0.717) is 16.9 Å². The quantitative estimate of drug-likeness (QED) is 0.457. The summed E-state index contributed by atoms with van der Waals surface area (Å²) < 4.78 is 15.5. The number of esters is 3. The first-order valence-electron chi connectivity index (χ1n) is 8.55. The summed E-state index contributed by atoms with van der Waals surface area (Å²) >= 11 is 0. The van der Waals surface area contributed by atoms with Crippen LogP contribution in [0.15, 0.2) is 54.1 Å². The molecule has 0 spiro atoms. The van der Waals surface area contributed by atoms with Crippen LogP contribution in [0.5, 0.6) is 11.5 Å². The van der Waals surface area contributed by atoms with Crippen LogP contribution in [-0.4, -0.2) is 17.9 Å². The zero-order valence-electron chi connectivity index (χ0n) is 15.6. The highest BCUT2D eigenvalue weighted by atomic mass is 16.5. The number of carbonyl (C=O) groups excluding carboxylic acids is 3. The third kappa shape index (κ3) is 4.54. The number of carbonyl (C=O) groups is 3. The third-order valence-electron chi connectivity index (χ3n) is 3.87. The molecule has 28 heavy (non-hydrogen) atoms. The van der Waals surface area contributed by atoms with E-state index in [0.717, 1.165) is 11.1 Å². The molecule has 0 saturated carbocycles. The second-order valence-electron chi connectivity index (χ2n) is 6.25. The Morgan fingerprint density at radius 2 is 1.64 bits per heavy atom. The highest BCUT2D eigenvalue weighted by Crippen LogP contribution is 2.31. The van der Waals surface area contributed by atoms with Crippen LogP contribution in [0.25, 0.3) is 11.8 Å². The van der Waals surface area contributed by atoms with Crippen LogP contribution in [0.3, 0.4) is 0 Å². The van der Waals surface area contributed by atoms with Crippen molar-refractivity contribution in [2.45, 2.75) is 20.8 Å². The van der Waals surface area contributed by atoms with Gasteiger partial charge in [-0.1, -0.05) is 29.8 Å². The van der Waals surface area contributed by atoms with Gasteiger partial charge in [0.05, 0.1) is 5.57 Å². The topological polar surface area (TPSA) is 78.9 Å². The molecule has 0 aromatic heterocycles. The van der Waals surface area contributed by atoms with Crippen molar-refractivity contribution in [1.82, 2.24) is 0 Å². The minimum absolute atomic E-state index is 0.170. The normalized spacial score (nSPS) is 14.5. The van der Waals surface area contributed by atoms with E-state index in [1.165, 1.54) is 19.9 Å². The Morgan fingerprint density at radius 1 is 0.964 bits per heavy atom. The first-order chi connectivity index (χ1) is 13.3. The highest BCUT2D eigenvalue weighted by molar-refractivity contribution is 6.05. The van der Waals surface area contributed by atoms with E-state index < -0.39 is 17.9 Å². The summed E-state index contributed by atoms with van der Waals surface area (Å²) in [7, 11) is 0. The maximum absolute atomic E-state index is 12.3. The monoisotopic (exact) mass is 378 g/mol. The molecule has 0 bridgehead atoms. The molecule has 1 heterocycles. The lowest BCUT2D eigenvalue weighted by Gasteiger charge is -2.08. The predicted molar refractivity (Wildman–Crippen MR) is 102 cm³/mol. The summed E-state index contributed by atoms with van der Waals surface area (Å²) in [5.74, 6) is -0.691. The number of hydrogen-bond acceptors (Lipinski definition) is 6. The van der Waals surface area contributed by atoms with Gasteiger partial charge in [0.2, 0.25) is 0 Å². The highest BCUT2D eigenvalue weighted by Gasteiger charge is 2.22. The fourth-order valence-electron chi connectivity index (χ4n) is 2.62. The predicted octanol–water partition coefficient (Wildman–Crippen LogP) is 3.83. The molecular formula is C22H18O6. The average molecular weight is 378 g/mol. The Bertz CT molecular complexity index is 1010. The van der Waals surface area contributed by atoms with Crippen molar-refractivity contribution >= 4 is 29.7 Å². The summed E-state index contributed by atoms with van der Waals surface area (Å²) in [5.41, 5.74) is 2.67. The van der Waals surface area contributed by atoms with Gasteiger partial charge < -0.3 is 14.2 Å². The zero-order chi connectivity index (χ0) is 20.3. The molecule has 2 aromatic rings. The van der Waals surface area contributed by atoms with Gasteiger partial charge in [0.25, 0.3) is 0 Å². The van der Waals surface area contributed by atoms with Gasteiger partial charge in [-0.15, -0.1) is 0 Å². The van der Waals surface area contributed by atoms with Crippen molar-refractivity contribution in [3.05, 3.63) is 70.8 Å². The molecule has 0 amide bonds. The maximum Gasteiger partial charge on any atom is 0.343 e.